The fourth-order valence-electron chi connectivity index (χ4n) is 4.17. The van der Waals surface area contributed by atoms with Crippen molar-refractivity contribution in [3.63, 3.8) is 0 Å². The lowest BCUT2D eigenvalue weighted by molar-refractivity contribution is -0.117. The molecule has 2 atom stereocenters. The molecule has 0 radical (unpaired) electrons. The molecule has 6 nitrogen and oxygen atoms in total. The molecular weight excluding hydrogens is 352 g/mol. The molecule has 0 bridgehead atoms. The molecule has 0 aromatic heterocycles. The lowest BCUT2D eigenvalue weighted by Crippen LogP contribution is -2.33. The topological polar surface area (TPSA) is 78.7 Å². The summed E-state index contributed by atoms with van der Waals surface area (Å²) >= 11 is 0. The number of amides is 2. The molecule has 2 heterocycles. The molecule has 2 saturated heterocycles. The molecule has 2 aromatic carbocycles. The van der Waals surface area contributed by atoms with Crippen LogP contribution in [-0.4, -0.2) is 48.9 Å². The second kappa shape index (κ2) is 8.12. The first-order valence-corrected chi connectivity index (χ1v) is 9.83. The van der Waals surface area contributed by atoms with E-state index in [4.69, 9.17) is 5.73 Å². The zero-order valence-corrected chi connectivity index (χ0v) is 15.9. The Morgan fingerprint density at radius 2 is 1.93 bits per heavy atom. The van der Waals surface area contributed by atoms with Crippen molar-refractivity contribution in [3.8, 4) is 0 Å². The Labute approximate surface area is 165 Å². The van der Waals surface area contributed by atoms with Crippen LogP contribution in [0, 0.1) is 0 Å². The summed E-state index contributed by atoms with van der Waals surface area (Å²) in [6.45, 7) is 2.53. The smallest absolute Gasteiger partial charge is 0.238 e. The Hall–Kier alpha value is -2.70. The number of nitrogens with two attached hydrogens (primary N) is 1. The van der Waals surface area contributed by atoms with E-state index in [1.54, 1.807) is 4.90 Å². The monoisotopic (exact) mass is 378 g/mol. The number of nitrogens with one attached hydrogen (secondary N) is 1. The van der Waals surface area contributed by atoms with E-state index >= 15 is 0 Å². The van der Waals surface area contributed by atoms with Crippen molar-refractivity contribution in [1.82, 2.24) is 4.90 Å². The van der Waals surface area contributed by atoms with Crippen LogP contribution in [-0.2, 0) is 9.59 Å². The Morgan fingerprint density at radius 1 is 1.11 bits per heavy atom. The van der Waals surface area contributed by atoms with Crippen LogP contribution in [0.2, 0.25) is 0 Å². The van der Waals surface area contributed by atoms with E-state index in [0.717, 1.165) is 25.2 Å². The maximum absolute atomic E-state index is 12.5. The summed E-state index contributed by atoms with van der Waals surface area (Å²) in [5.41, 5.74) is 9.10. The molecule has 0 saturated carbocycles. The summed E-state index contributed by atoms with van der Waals surface area (Å²) in [6.07, 6.45) is 1.47. The Kier molecular flexibility index (Phi) is 5.41. The number of hydrogen-bond donors (Lipinski definition) is 2. The van der Waals surface area contributed by atoms with Gasteiger partial charge in [-0.2, -0.15) is 0 Å². The highest BCUT2D eigenvalue weighted by Gasteiger charge is 2.32. The van der Waals surface area contributed by atoms with Crippen molar-refractivity contribution in [2.45, 2.75) is 24.8 Å². The van der Waals surface area contributed by atoms with Gasteiger partial charge in [-0.3, -0.25) is 14.5 Å². The maximum Gasteiger partial charge on any atom is 0.238 e. The fraction of sp³-hybridized carbons (Fsp3) is 0.364. The van der Waals surface area contributed by atoms with Crippen LogP contribution >= 0.6 is 0 Å². The molecule has 28 heavy (non-hydrogen) atoms. The quantitative estimate of drug-likeness (QED) is 0.836. The number of nitrogens with zero attached hydrogens (tertiary/aromatic N) is 2. The molecule has 0 unspecified atom stereocenters. The molecule has 0 aliphatic carbocycles. The zero-order valence-electron chi connectivity index (χ0n) is 15.9. The van der Waals surface area contributed by atoms with Gasteiger partial charge in [-0.25, -0.2) is 0 Å². The average Bonchev–Trinajstić information content (AvgIpc) is 3.28. The molecule has 2 amide bonds. The van der Waals surface area contributed by atoms with Gasteiger partial charge in [0.05, 0.1) is 6.54 Å². The number of carbonyl (C=O) groups is 2. The van der Waals surface area contributed by atoms with Gasteiger partial charge in [0.15, 0.2) is 0 Å². The molecule has 4 rings (SSSR count). The molecule has 146 valence electrons. The van der Waals surface area contributed by atoms with Gasteiger partial charge in [0.2, 0.25) is 11.8 Å². The average molecular weight is 378 g/mol. The van der Waals surface area contributed by atoms with Crippen molar-refractivity contribution in [2.24, 2.45) is 5.73 Å². The Bertz CT molecular complexity index is 855. The van der Waals surface area contributed by atoms with Gasteiger partial charge in [0.25, 0.3) is 0 Å². The Morgan fingerprint density at radius 3 is 2.68 bits per heavy atom. The highest BCUT2D eigenvalue weighted by molar-refractivity contribution is 5.97. The van der Waals surface area contributed by atoms with Gasteiger partial charge in [-0.1, -0.05) is 36.4 Å². The third kappa shape index (κ3) is 4.08. The zero-order chi connectivity index (χ0) is 19.5. The van der Waals surface area contributed by atoms with E-state index in [0.29, 0.717) is 25.2 Å². The third-order valence-corrected chi connectivity index (χ3v) is 5.55. The number of likely N-dealkylation sites (tertiary alicyclic amines) is 1. The van der Waals surface area contributed by atoms with Gasteiger partial charge in [0.1, 0.15) is 0 Å². The Balaban J connectivity index is 1.35. The summed E-state index contributed by atoms with van der Waals surface area (Å²) in [5.74, 6) is 0.325. The van der Waals surface area contributed by atoms with E-state index in [9.17, 15) is 9.59 Å². The minimum absolute atomic E-state index is 0.0275. The van der Waals surface area contributed by atoms with Gasteiger partial charge in [-0.15, -0.1) is 0 Å². The first-order valence-electron chi connectivity index (χ1n) is 9.83. The van der Waals surface area contributed by atoms with Crippen molar-refractivity contribution in [2.75, 3.05) is 36.4 Å². The number of benzene rings is 2. The molecule has 2 aliphatic rings. The normalized spacial score (nSPS) is 22.6. The maximum atomic E-state index is 12.5. The van der Waals surface area contributed by atoms with Crippen molar-refractivity contribution < 1.29 is 9.59 Å². The van der Waals surface area contributed by atoms with Crippen LogP contribution in [0.25, 0.3) is 0 Å². The number of anilines is 2. The highest BCUT2D eigenvalue weighted by atomic mass is 16.2. The van der Waals surface area contributed by atoms with Gasteiger partial charge in [0, 0.05) is 49.4 Å². The molecule has 2 fully saturated rings. The van der Waals surface area contributed by atoms with Gasteiger partial charge in [-0.05, 0) is 30.2 Å². The minimum atomic E-state index is -0.0641. The molecular formula is C22H26N4O2. The van der Waals surface area contributed by atoms with Crippen LogP contribution in [0.15, 0.2) is 54.6 Å². The van der Waals surface area contributed by atoms with Gasteiger partial charge >= 0.3 is 0 Å². The SMILES string of the molecule is N[C@@H]1CN(CC(=O)Nc2cccc(N3CCCC3=O)c2)C[C@H]1c1ccccc1. The van der Waals surface area contributed by atoms with E-state index < -0.39 is 0 Å². The van der Waals surface area contributed by atoms with Crippen molar-refractivity contribution >= 4 is 23.2 Å². The van der Waals surface area contributed by atoms with Crippen LogP contribution in [0.3, 0.4) is 0 Å². The van der Waals surface area contributed by atoms with E-state index in [1.165, 1.54) is 5.56 Å². The third-order valence-electron chi connectivity index (χ3n) is 5.55. The minimum Gasteiger partial charge on any atom is -0.326 e. The second-order valence-electron chi connectivity index (χ2n) is 7.62. The van der Waals surface area contributed by atoms with Crippen LogP contribution in [0.1, 0.15) is 24.3 Å². The first-order chi connectivity index (χ1) is 13.6. The fourth-order valence-corrected chi connectivity index (χ4v) is 4.17. The molecule has 6 heteroatoms. The predicted molar refractivity (Wildman–Crippen MR) is 110 cm³/mol. The molecule has 0 spiro atoms. The predicted octanol–water partition coefficient (Wildman–Crippen LogP) is 2.18. The highest BCUT2D eigenvalue weighted by Crippen LogP contribution is 2.27. The largest absolute Gasteiger partial charge is 0.326 e. The summed E-state index contributed by atoms with van der Waals surface area (Å²) < 4.78 is 0. The van der Waals surface area contributed by atoms with Crippen LogP contribution < -0.4 is 16.0 Å². The van der Waals surface area contributed by atoms with Crippen LogP contribution in [0.4, 0.5) is 11.4 Å². The number of carbonyl (C=O) groups excluding carboxylic acids is 2. The lowest BCUT2D eigenvalue weighted by atomic mass is 9.95. The molecule has 2 aliphatic heterocycles. The number of rotatable bonds is 5. The lowest BCUT2D eigenvalue weighted by Gasteiger charge is -2.18. The molecule has 2 aromatic rings. The van der Waals surface area contributed by atoms with E-state index in [1.807, 2.05) is 42.5 Å². The summed E-state index contributed by atoms with van der Waals surface area (Å²) in [5, 5.41) is 2.96. The van der Waals surface area contributed by atoms with E-state index in [-0.39, 0.29) is 23.8 Å². The van der Waals surface area contributed by atoms with Crippen molar-refractivity contribution in [1.29, 1.82) is 0 Å². The summed E-state index contributed by atoms with van der Waals surface area (Å²) in [7, 11) is 0. The first kappa shape index (κ1) is 18.7. The molecule has 3 N–H and O–H groups in total. The van der Waals surface area contributed by atoms with Gasteiger partial charge < -0.3 is 16.0 Å². The van der Waals surface area contributed by atoms with Crippen molar-refractivity contribution in [3.05, 3.63) is 60.2 Å². The summed E-state index contributed by atoms with van der Waals surface area (Å²) in [4.78, 5) is 28.4. The second-order valence-corrected chi connectivity index (χ2v) is 7.62. The number of hydrogen-bond acceptors (Lipinski definition) is 4. The summed E-state index contributed by atoms with van der Waals surface area (Å²) in [6, 6.07) is 17.8. The van der Waals surface area contributed by atoms with E-state index in [2.05, 4.69) is 22.3 Å². The van der Waals surface area contributed by atoms with Crippen LogP contribution in [0.5, 0.6) is 0 Å². The standard InChI is InChI=1S/C22H26N4O2/c23-20-14-25(13-19(20)16-6-2-1-3-7-16)15-21(27)24-17-8-4-9-18(12-17)26-11-5-10-22(26)28/h1-4,6-9,12,19-20H,5,10-11,13-15,23H2,(H,24,27)/t19-,20+/m0/s1.